The van der Waals surface area contributed by atoms with Crippen LogP contribution < -0.4 is 15.5 Å². The third kappa shape index (κ3) is 2.83. The van der Waals surface area contributed by atoms with Crippen molar-refractivity contribution in [2.75, 3.05) is 36.4 Å². The molecular formula is C18H20ClN9. The van der Waals surface area contributed by atoms with Gasteiger partial charge in [-0.25, -0.2) is 19.9 Å². The summed E-state index contributed by atoms with van der Waals surface area (Å²) in [4.78, 5) is 22.6. The summed E-state index contributed by atoms with van der Waals surface area (Å²) in [6.45, 7) is 5.83. The molecule has 1 unspecified atom stereocenters. The lowest BCUT2D eigenvalue weighted by molar-refractivity contribution is 0.580. The standard InChI is InChI=1S/C18H20ClN9/c1-11(26-17-15-16(23-8-22-15)24-9-25-17)12-6-13(19)14-7-21-10-28(14)18(12)27-4-2-20-3-5-27/h6-11,20H,2-5H2,1H3,(H2,22,23,24,25,26). The maximum Gasteiger partial charge on any atom is 0.162 e. The summed E-state index contributed by atoms with van der Waals surface area (Å²) in [7, 11) is 0. The zero-order chi connectivity index (χ0) is 19.1. The lowest BCUT2D eigenvalue weighted by Crippen LogP contribution is -2.44. The van der Waals surface area contributed by atoms with Gasteiger partial charge in [-0.15, -0.1) is 0 Å². The highest BCUT2D eigenvalue weighted by Crippen LogP contribution is 2.34. The molecule has 0 aromatic carbocycles. The first-order valence-corrected chi connectivity index (χ1v) is 9.61. The molecule has 0 saturated carbocycles. The largest absolute Gasteiger partial charge is 0.361 e. The number of rotatable bonds is 4. The Morgan fingerprint density at radius 2 is 2.07 bits per heavy atom. The van der Waals surface area contributed by atoms with Gasteiger partial charge >= 0.3 is 0 Å². The Hall–Kier alpha value is -2.91. The number of piperazine rings is 1. The summed E-state index contributed by atoms with van der Waals surface area (Å²) >= 11 is 6.58. The molecule has 3 N–H and O–H groups in total. The Morgan fingerprint density at radius 1 is 1.21 bits per heavy atom. The smallest absolute Gasteiger partial charge is 0.162 e. The van der Waals surface area contributed by atoms with E-state index in [4.69, 9.17) is 11.6 Å². The average molecular weight is 398 g/mol. The highest BCUT2D eigenvalue weighted by Gasteiger charge is 2.23. The van der Waals surface area contributed by atoms with E-state index in [0.29, 0.717) is 22.0 Å². The van der Waals surface area contributed by atoms with Gasteiger partial charge in [0.25, 0.3) is 0 Å². The van der Waals surface area contributed by atoms with Crippen LogP contribution in [0.1, 0.15) is 18.5 Å². The van der Waals surface area contributed by atoms with Gasteiger partial charge < -0.3 is 20.5 Å². The molecule has 0 bridgehead atoms. The third-order valence-electron chi connectivity index (χ3n) is 5.11. The second-order valence-corrected chi connectivity index (χ2v) is 7.25. The first kappa shape index (κ1) is 17.2. The molecular weight excluding hydrogens is 378 g/mol. The van der Waals surface area contributed by atoms with E-state index in [-0.39, 0.29) is 6.04 Å². The molecule has 1 atom stereocenters. The van der Waals surface area contributed by atoms with Gasteiger partial charge in [0.1, 0.15) is 24.0 Å². The molecule has 10 heteroatoms. The van der Waals surface area contributed by atoms with E-state index in [0.717, 1.165) is 43.1 Å². The van der Waals surface area contributed by atoms with Crippen molar-refractivity contribution >= 4 is 39.9 Å². The molecule has 144 valence electrons. The van der Waals surface area contributed by atoms with Crippen LogP contribution in [0.3, 0.4) is 0 Å². The number of aromatic amines is 1. The highest BCUT2D eigenvalue weighted by molar-refractivity contribution is 6.34. The van der Waals surface area contributed by atoms with Crippen LogP contribution in [0.25, 0.3) is 16.7 Å². The zero-order valence-electron chi connectivity index (χ0n) is 15.4. The van der Waals surface area contributed by atoms with Gasteiger partial charge in [-0.2, -0.15) is 0 Å². The fourth-order valence-corrected chi connectivity index (χ4v) is 4.00. The van der Waals surface area contributed by atoms with E-state index in [1.165, 1.54) is 6.33 Å². The number of pyridine rings is 1. The number of hydrogen-bond donors (Lipinski definition) is 3. The lowest BCUT2D eigenvalue weighted by Gasteiger charge is -2.33. The monoisotopic (exact) mass is 397 g/mol. The number of fused-ring (bicyclic) bond motifs is 2. The SMILES string of the molecule is CC(Nc1ncnc2[nH]cnc12)c1cc(Cl)c2cncn2c1N1CCNCC1. The van der Waals surface area contributed by atoms with E-state index in [9.17, 15) is 0 Å². The molecule has 0 radical (unpaired) electrons. The molecule has 1 aliphatic heterocycles. The first-order valence-electron chi connectivity index (χ1n) is 9.23. The van der Waals surface area contributed by atoms with Crippen molar-refractivity contribution in [2.45, 2.75) is 13.0 Å². The third-order valence-corrected chi connectivity index (χ3v) is 5.41. The summed E-state index contributed by atoms with van der Waals surface area (Å²) in [5.74, 6) is 1.79. The quantitative estimate of drug-likeness (QED) is 0.485. The molecule has 5 rings (SSSR count). The molecule has 9 nitrogen and oxygen atoms in total. The molecule has 28 heavy (non-hydrogen) atoms. The molecule has 0 amide bonds. The molecule has 4 aromatic rings. The van der Waals surface area contributed by atoms with Gasteiger partial charge in [0.15, 0.2) is 11.5 Å². The number of hydrogen-bond acceptors (Lipinski definition) is 7. The van der Waals surface area contributed by atoms with Gasteiger partial charge in [-0.1, -0.05) is 11.6 Å². The van der Waals surface area contributed by atoms with Gasteiger partial charge in [0, 0.05) is 31.7 Å². The lowest BCUT2D eigenvalue weighted by atomic mass is 10.1. The Morgan fingerprint density at radius 3 is 2.93 bits per heavy atom. The Kier molecular flexibility index (Phi) is 4.25. The molecule has 1 fully saturated rings. The van der Waals surface area contributed by atoms with Crippen molar-refractivity contribution in [3.8, 4) is 0 Å². The predicted molar refractivity (Wildman–Crippen MR) is 109 cm³/mol. The fourth-order valence-electron chi connectivity index (χ4n) is 3.74. The van der Waals surface area contributed by atoms with Crippen LogP contribution in [0, 0.1) is 0 Å². The van der Waals surface area contributed by atoms with Crippen molar-refractivity contribution < 1.29 is 0 Å². The highest BCUT2D eigenvalue weighted by atomic mass is 35.5. The molecule has 0 aliphatic carbocycles. The van der Waals surface area contributed by atoms with E-state index in [1.54, 1.807) is 12.5 Å². The van der Waals surface area contributed by atoms with Crippen molar-refractivity contribution in [1.29, 1.82) is 0 Å². The maximum atomic E-state index is 6.58. The minimum absolute atomic E-state index is 0.0519. The fraction of sp³-hybridized carbons (Fsp3) is 0.333. The van der Waals surface area contributed by atoms with E-state index in [1.807, 2.05) is 12.4 Å². The van der Waals surface area contributed by atoms with Crippen LogP contribution in [0.4, 0.5) is 11.6 Å². The average Bonchev–Trinajstić information content (AvgIpc) is 3.39. The number of halogens is 1. The maximum absolute atomic E-state index is 6.58. The number of aromatic nitrogens is 6. The molecule has 1 aliphatic rings. The summed E-state index contributed by atoms with van der Waals surface area (Å²) in [5, 5.41) is 7.56. The number of H-pyrrole nitrogens is 1. The molecule has 5 heterocycles. The number of anilines is 2. The van der Waals surface area contributed by atoms with Crippen LogP contribution >= 0.6 is 11.6 Å². The Bertz CT molecular complexity index is 1130. The van der Waals surface area contributed by atoms with E-state index < -0.39 is 0 Å². The van der Waals surface area contributed by atoms with Crippen molar-refractivity contribution in [2.24, 2.45) is 0 Å². The summed E-state index contributed by atoms with van der Waals surface area (Å²) in [6.07, 6.45) is 6.77. The minimum Gasteiger partial charge on any atom is -0.361 e. The zero-order valence-corrected chi connectivity index (χ0v) is 16.1. The van der Waals surface area contributed by atoms with E-state index >= 15 is 0 Å². The Balaban J connectivity index is 1.60. The number of nitrogens with one attached hydrogen (secondary N) is 3. The van der Waals surface area contributed by atoms with Crippen molar-refractivity contribution in [3.63, 3.8) is 0 Å². The van der Waals surface area contributed by atoms with Crippen LogP contribution in [0.15, 0.2) is 31.2 Å². The number of imidazole rings is 2. The van der Waals surface area contributed by atoms with Crippen LogP contribution in [0.2, 0.25) is 5.02 Å². The topological polar surface area (TPSA) is 99.1 Å². The Labute approximate surface area is 166 Å². The molecule has 1 saturated heterocycles. The summed E-state index contributed by atoms with van der Waals surface area (Å²) in [6, 6.07) is 1.97. The number of nitrogens with zero attached hydrogens (tertiary/aromatic N) is 6. The van der Waals surface area contributed by atoms with Crippen LogP contribution in [0.5, 0.6) is 0 Å². The molecule has 4 aromatic heterocycles. The van der Waals surface area contributed by atoms with Gasteiger partial charge in [-0.3, -0.25) is 4.40 Å². The summed E-state index contributed by atoms with van der Waals surface area (Å²) < 4.78 is 2.07. The van der Waals surface area contributed by atoms with Gasteiger partial charge in [0.2, 0.25) is 0 Å². The second kappa shape index (κ2) is 6.92. The molecule has 0 spiro atoms. The normalized spacial score (nSPS) is 16.0. The van der Waals surface area contributed by atoms with E-state index in [2.05, 4.69) is 51.8 Å². The second-order valence-electron chi connectivity index (χ2n) is 6.85. The van der Waals surface area contributed by atoms with Gasteiger partial charge in [-0.05, 0) is 13.0 Å². The summed E-state index contributed by atoms with van der Waals surface area (Å²) in [5.41, 5.74) is 3.41. The first-order chi connectivity index (χ1) is 13.7. The van der Waals surface area contributed by atoms with Crippen molar-refractivity contribution in [1.82, 2.24) is 34.6 Å². The van der Waals surface area contributed by atoms with Crippen LogP contribution in [-0.4, -0.2) is 55.5 Å². The van der Waals surface area contributed by atoms with Crippen molar-refractivity contribution in [3.05, 3.63) is 41.8 Å². The predicted octanol–water partition coefficient (Wildman–Crippen LogP) is 2.24. The minimum atomic E-state index is -0.0519. The van der Waals surface area contributed by atoms with Gasteiger partial charge in [0.05, 0.1) is 29.1 Å². The van der Waals surface area contributed by atoms with Crippen LogP contribution in [-0.2, 0) is 0 Å².